The van der Waals surface area contributed by atoms with Crippen LogP contribution in [0.4, 0.5) is 16.3 Å². The number of aromatic nitrogens is 2. The third kappa shape index (κ3) is 5.23. The maximum absolute atomic E-state index is 13.1. The minimum atomic E-state index is -3.29. The molecule has 5 rings (SSSR count). The molecule has 1 aliphatic rings. The molecule has 0 saturated heterocycles. The summed E-state index contributed by atoms with van der Waals surface area (Å²) < 4.78 is 27.4. The van der Waals surface area contributed by atoms with E-state index in [0.29, 0.717) is 31.0 Å². The second kappa shape index (κ2) is 9.32. The summed E-state index contributed by atoms with van der Waals surface area (Å²) in [4.78, 5) is 13.1. The number of nitrogens with zero attached hydrogens (tertiary/aromatic N) is 3. The minimum Gasteiger partial charge on any atom is -0.307 e. The molecule has 4 aromatic rings. The number of amides is 2. The van der Waals surface area contributed by atoms with Crippen LogP contribution in [0.5, 0.6) is 0 Å². The van der Waals surface area contributed by atoms with Crippen LogP contribution in [-0.2, 0) is 28.4 Å². The smallest absolute Gasteiger partial charge is 0.307 e. The SMILES string of the molecule is CC(C)(C)c1cc(NC(=O)Nc2cccc3ccccc23)n(-c2ccc3c(c2)CN(S(C)(=O)=O)CC3)n1. The molecular weight excluding hydrogens is 486 g/mol. The van der Waals surface area contributed by atoms with Crippen LogP contribution in [0.3, 0.4) is 0 Å². The maximum atomic E-state index is 13.1. The van der Waals surface area contributed by atoms with Gasteiger partial charge >= 0.3 is 6.03 Å². The summed E-state index contributed by atoms with van der Waals surface area (Å²) in [6.45, 7) is 6.99. The van der Waals surface area contributed by atoms with Gasteiger partial charge < -0.3 is 5.32 Å². The van der Waals surface area contributed by atoms with E-state index in [4.69, 9.17) is 5.10 Å². The Hall–Kier alpha value is -3.69. The molecule has 1 aliphatic heterocycles. The number of carbonyl (C=O) groups excluding carboxylic acids is 1. The summed E-state index contributed by atoms with van der Waals surface area (Å²) in [5.41, 5.74) is 4.11. The Bertz CT molecular complexity index is 1600. The molecule has 0 atom stereocenters. The van der Waals surface area contributed by atoms with Crippen molar-refractivity contribution in [2.45, 2.75) is 39.2 Å². The second-order valence-electron chi connectivity index (χ2n) is 10.5. The highest BCUT2D eigenvalue weighted by atomic mass is 32.2. The van der Waals surface area contributed by atoms with Gasteiger partial charge in [-0.1, -0.05) is 63.2 Å². The van der Waals surface area contributed by atoms with Gasteiger partial charge in [-0.3, -0.25) is 5.32 Å². The summed E-state index contributed by atoms with van der Waals surface area (Å²) in [7, 11) is -3.29. The first-order chi connectivity index (χ1) is 17.5. The molecule has 0 saturated carbocycles. The lowest BCUT2D eigenvalue weighted by atomic mass is 9.92. The van der Waals surface area contributed by atoms with Crippen molar-refractivity contribution in [3.8, 4) is 5.69 Å². The van der Waals surface area contributed by atoms with Crippen LogP contribution in [0.25, 0.3) is 16.5 Å². The van der Waals surface area contributed by atoms with E-state index in [-0.39, 0.29) is 11.4 Å². The molecular formula is C28H31N5O3S. The number of carbonyl (C=O) groups is 1. The standard InChI is InChI=1S/C28H31N5O3S/c1-28(2,3)25-17-26(30-27(34)29-24-11-7-9-20-8-5-6-10-23(20)24)33(31-25)22-13-12-19-14-15-32(37(4,35)36)18-21(19)16-22/h5-13,16-17H,14-15,18H2,1-4H3,(H2,29,30,34). The normalized spacial score (nSPS) is 14.4. The van der Waals surface area contributed by atoms with Crippen LogP contribution in [-0.4, -0.2) is 41.3 Å². The first-order valence-electron chi connectivity index (χ1n) is 12.2. The topological polar surface area (TPSA) is 96.3 Å². The van der Waals surface area contributed by atoms with E-state index in [2.05, 4.69) is 31.4 Å². The average Bonchev–Trinajstić information content (AvgIpc) is 3.27. The van der Waals surface area contributed by atoms with E-state index in [1.165, 1.54) is 10.6 Å². The highest BCUT2D eigenvalue weighted by molar-refractivity contribution is 7.88. The number of benzene rings is 3. The maximum Gasteiger partial charge on any atom is 0.324 e. The number of urea groups is 1. The molecule has 2 amide bonds. The fourth-order valence-electron chi connectivity index (χ4n) is 4.57. The molecule has 0 aliphatic carbocycles. The molecule has 1 aromatic heterocycles. The number of hydrogen-bond acceptors (Lipinski definition) is 4. The van der Waals surface area contributed by atoms with Gasteiger partial charge in [0, 0.05) is 30.0 Å². The Kier molecular flexibility index (Phi) is 6.29. The Morgan fingerprint density at radius 1 is 0.946 bits per heavy atom. The lowest BCUT2D eigenvalue weighted by Crippen LogP contribution is -2.35. The molecule has 192 valence electrons. The van der Waals surface area contributed by atoms with Gasteiger partial charge in [0.25, 0.3) is 0 Å². The molecule has 2 N–H and O–H groups in total. The second-order valence-corrected chi connectivity index (χ2v) is 12.5. The Labute approximate surface area is 217 Å². The molecule has 9 heteroatoms. The van der Waals surface area contributed by atoms with Crippen molar-refractivity contribution >= 4 is 38.3 Å². The molecule has 2 heterocycles. The van der Waals surface area contributed by atoms with Gasteiger partial charge in [-0.2, -0.15) is 9.40 Å². The molecule has 0 radical (unpaired) electrons. The monoisotopic (exact) mass is 517 g/mol. The van der Waals surface area contributed by atoms with Crippen LogP contribution in [0.1, 0.15) is 37.6 Å². The summed E-state index contributed by atoms with van der Waals surface area (Å²) in [6, 6.07) is 21.1. The van der Waals surface area contributed by atoms with Crippen molar-refractivity contribution in [3.63, 3.8) is 0 Å². The van der Waals surface area contributed by atoms with Gasteiger partial charge in [-0.25, -0.2) is 17.9 Å². The Balaban J connectivity index is 1.47. The number of sulfonamides is 1. The molecule has 8 nitrogen and oxygen atoms in total. The Morgan fingerprint density at radius 2 is 1.70 bits per heavy atom. The molecule has 37 heavy (non-hydrogen) atoms. The van der Waals surface area contributed by atoms with Gasteiger partial charge in [0.15, 0.2) is 0 Å². The average molecular weight is 518 g/mol. The van der Waals surface area contributed by atoms with Crippen molar-refractivity contribution in [3.05, 3.63) is 83.6 Å². The lowest BCUT2D eigenvalue weighted by Gasteiger charge is -2.27. The summed E-state index contributed by atoms with van der Waals surface area (Å²) in [6.07, 6.45) is 1.90. The predicted octanol–water partition coefficient (Wildman–Crippen LogP) is 5.28. The lowest BCUT2D eigenvalue weighted by molar-refractivity contribution is 0.262. The van der Waals surface area contributed by atoms with Crippen LogP contribution in [0.2, 0.25) is 0 Å². The fraction of sp³-hybridized carbons (Fsp3) is 0.286. The molecule has 3 aromatic carbocycles. The zero-order valence-corrected chi connectivity index (χ0v) is 22.3. The molecule has 0 unspecified atom stereocenters. The quantitative estimate of drug-likeness (QED) is 0.385. The highest BCUT2D eigenvalue weighted by Crippen LogP contribution is 2.29. The van der Waals surface area contributed by atoms with E-state index in [9.17, 15) is 13.2 Å². The van der Waals surface area contributed by atoms with Crippen molar-refractivity contribution < 1.29 is 13.2 Å². The largest absolute Gasteiger partial charge is 0.324 e. The van der Waals surface area contributed by atoms with Crippen LogP contribution in [0, 0.1) is 0 Å². The number of rotatable bonds is 4. The molecule has 0 fully saturated rings. The van der Waals surface area contributed by atoms with Crippen LogP contribution < -0.4 is 10.6 Å². The van der Waals surface area contributed by atoms with Crippen LogP contribution >= 0.6 is 0 Å². The van der Waals surface area contributed by atoms with Crippen LogP contribution in [0.15, 0.2) is 66.7 Å². The summed E-state index contributed by atoms with van der Waals surface area (Å²) in [5.74, 6) is 0.526. The van der Waals surface area contributed by atoms with Crippen molar-refractivity contribution in [1.29, 1.82) is 0 Å². The number of hydrogen-bond donors (Lipinski definition) is 2. The predicted molar refractivity (Wildman–Crippen MR) is 148 cm³/mol. The highest BCUT2D eigenvalue weighted by Gasteiger charge is 2.25. The third-order valence-corrected chi connectivity index (χ3v) is 7.89. The van der Waals surface area contributed by atoms with E-state index in [0.717, 1.165) is 33.3 Å². The zero-order valence-electron chi connectivity index (χ0n) is 21.4. The number of nitrogens with one attached hydrogen (secondary N) is 2. The number of fused-ring (bicyclic) bond motifs is 2. The molecule has 0 bridgehead atoms. The fourth-order valence-corrected chi connectivity index (χ4v) is 5.37. The summed E-state index contributed by atoms with van der Waals surface area (Å²) >= 11 is 0. The first-order valence-corrected chi connectivity index (χ1v) is 14.1. The zero-order chi connectivity index (χ0) is 26.4. The van der Waals surface area contributed by atoms with Gasteiger partial charge in [-0.15, -0.1) is 0 Å². The first kappa shape index (κ1) is 25.0. The molecule has 0 spiro atoms. The van der Waals surface area contributed by atoms with Gasteiger partial charge in [0.05, 0.1) is 23.3 Å². The third-order valence-electron chi connectivity index (χ3n) is 6.64. The van der Waals surface area contributed by atoms with Crippen molar-refractivity contribution in [1.82, 2.24) is 14.1 Å². The van der Waals surface area contributed by atoms with E-state index < -0.39 is 10.0 Å². The van der Waals surface area contributed by atoms with Crippen molar-refractivity contribution in [2.75, 3.05) is 23.4 Å². The van der Waals surface area contributed by atoms with Gasteiger partial charge in [-0.05, 0) is 41.1 Å². The number of anilines is 2. The van der Waals surface area contributed by atoms with Gasteiger partial charge in [0.2, 0.25) is 10.0 Å². The minimum absolute atomic E-state index is 0.241. The summed E-state index contributed by atoms with van der Waals surface area (Å²) in [5, 5.41) is 12.8. The van der Waals surface area contributed by atoms with E-state index >= 15 is 0 Å². The van der Waals surface area contributed by atoms with E-state index in [1.54, 1.807) is 4.68 Å². The Morgan fingerprint density at radius 3 is 2.46 bits per heavy atom. The van der Waals surface area contributed by atoms with Gasteiger partial charge in [0.1, 0.15) is 5.82 Å². The van der Waals surface area contributed by atoms with E-state index in [1.807, 2.05) is 66.7 Å². The van der Waals surface area contributed by atoms with Crippen molar-refractivity contribution in [2.24, 2.45) is 0 Å².